The molecule has 1 atom stereocenters. The third kappa shape index (κ3) is 7.66. The fourth-order valence-corrected chi connectivity index (χ4v) is 7.87. The number of benzene rings is 4. The molecule has 1 aliphatic rings. The topological polar surface area (TPSA) is 266 Å². The van der Waals surface area contributed by atoms with E-state index in [4.69, 9.17) is 9.84 Å². The van der Waals surface area contributed by atoms with Crippen LogP contribution in [0.25, 0.3) is 12.2 Å². The maximum absolute atomic E-state index is 13.0. The van der Waals surface area contributed by atoms with E-state index in [-0.39, 0.29) is 50.9 Å². The van der Waals surface area contributed by atoms with Crippen molar-refractivity contribution in [2.24, 2.45) is 0 Å². The highest BCUT2D eigenvalue weighted by Crippen LogP contribution is 2.43. The number of aliphatic hydroxyl groups is 2. The van der Waals surface area contributed by atoms with Gasteiger partial charge in [-0.3, -0.25) is 13.7 Å². The number of amides is 2. The van der Waals surface area contributed by atoms with Gasteiger partial charge in [-0.25, -0.2) is 4.79 Å². The van der Waals surface area contributed by atoms with E-state index in [0.29, 0.717) is 28.1 Å². The number of hydrogen-bond donors (Lipinski definition) is 8. The number of carbonyl (C=O) groups is 1. The van der Waals surface area contributed by atoms with Gasteiger partial charge in [-0.1, -0.05) is 30.8 Å². The van der Waals surface area contributed by atoms with Gasteiger partial charge in [0.15, 0.2) is 0 Å². The number of fused-ring (bicyclic) bond motifs is 2. The van der Waals surface area contributed by atoms with Crippen molar-refractivity contribution < 1.29 is 58.7 Å². The van der Waals surface area contributed by atoms with Crippen LogP contribution < -0.4 is 31.1 Å². The molecule has 52 heavy (non-hydrogen) atoms. The molecule has 0 saturated carbocycles. The molecule has 4 aromatic carbocycles. The summed E-state index contributed by atoms with van der Waals surface area (Å²) in [6.45, 7) is 7.88. The Bertz CT molecular complexity index is 2610. The van der Waals surface area contributed by atoms with Crippen LogP contribution >= 0.6 is 0 Å². The first kappa shape index (κ1) is 38.4. The van der Waals surface area contributed by atoms with E-state index in [1.54, 1.807) is 26.8 Å². The Labute approximate surface area is 298 Å². The van der Waals surface area contributed by atoms with Crippen LogP contribution in [0.3, 0.4) is 0 Å². The van der Waals surface area contributed by atoms with Crippen LogP contribution in [0.15, 0.2) is 69.3 Å². The molecule has 1 aliphatic heterocycles. The van der Waals surface area contributed by atoms with Crippen LogP contribution in [0.2, 0.25) is 0 Å². The number of aryl methyl sites for hydroxylation is 2. The molecule has 0 saturated heterocycles. The summed E-state index contributed by atoms with van der Waals surface area (Å²) in [4.78, 5) is 10.6. The fraction of sp³-hybridized carbons (Fsp3) is 0.182. The first-order valence-corrected chi connectivity index (χ1v) is 19.4. The molecule has 5 rings (SSSR count). The largest absolute Gasteiger partial charge is 0.456 e. The molecule has 0 aliphatic carbocycles. The second-order valence-electron chi connectivity index (χ2n) is 11.9. The Morgan fingerprint density at radius 3 is 2.02 bits per heavy atom. The molecular weight excluding hydrogens is 743 g/mol. The van der Waals surface area contributed by atoms with Gasteiger partial charge in [0.2, 0.25) is 0 Å². The van der Waals surface area contributed by atoms with Crippen LogP contribution in [-0.4, -0.2) is 74.4 Å². The van der Waals surface area contributed by atoms with Crippen LogP contribution in [0.1, 0.15) is 27.8 Å². The molecule has 0 spiro atoms. The zero-order valence-electron chi connectivity index (χ0n) is 27.6. The molecule has 0 bridgehead atoms. The number of hydrogen-bond acceptors (Lipinski definition) is 11. The minimum atomic E-state index is -5.10. The van der Waals surface area contributed by atoms with Crippen molar-refractivity contribution in [3.63, 3.8) is 0 Å². The maximum Gasteiger partial charge on any atom is 0.319 e. The van der Waals surface area contributed by atoms with Crippen LogP contribution in [0.4, 0.5) is 21.9 Å². The standard InChI is InChI=1S/C33H33N3O13S3/c1-16-10-25-22(11-28(16)51(43,44)45)30(21-7-5-6-8-27(21)50(40,41)42)23-12-29(52(46,47)48)24(13-26(23)49-25)35-31-17(2)9-18(3)32(19(31)4)36-33(39)34-14-20(38)15-37/h5-13,20,35,37-38H,1,14-15H2,2-4H3,(H2,34,36,39)(H,40,41,42)(H,43,44,45)(H,46,47,48). The Morgan fingerprint density at radius 2 is 1.40 bits per heavy atom. The summed E-state index contributed by atoms with van der Waals surface area (Å²) in [7, 11) is -14.9. The molecule has 276 valence electrons. The number of anilines is 3. The number of carbonyl (C=O) groups excluding carboxylic acids is 1. The molecule has 19 heteroatoms. The minimum absolute atomic E-state index is 0.0814. The summed E-state index contributed by atoms with van der Waals surface area (Å²) in [6.07, 6.45) is -1.19. The predicted molar refractivity (Wildman–Crippen MR) is 189 cm³/mol. The van der Waals surface area contributed by atoms with Gasteiger partial charge in [0.25, 0.3) is 30.4 Å². The summed E-state index contributed by atoms with van der Waals surface area (Å²) < 4.78 is 112. The molecule has 8 N–H and O–H groups in total. The number of nitrogens with one attached hydrogen (secondary N) is 3. The van der Waals surface area contributed by atoms with Gasteiger partial charge in [-0.2, -0.15) is 25.3 Å². The molecule has 1 heterocycles. The van der Waals surface area contributed by atoms with E-state index in [1.165, 1.54) is 24.3 Å². The third-order valence-corrected chi connectivity index (χ3v) is 10.9. The van der Waals surface area contributed by atoms with Crippen molar-refractivity contribution in [1.82, 2.24) is 5.32 Å². The Kier molecular flexibility index (Phi) is 10.3. The molecule has 0 fully saturated rings. The predicted octanol–water partition coefficient (Wildman–Crippen LogP) is 2.33. The van der Waals surface area contributed by atoms with E-state index in [9.17, 15) is 48.8 Å². The summed E-state index contributed by atoms with van der Waals surface area (Å²) in [5, 5.41) is 26.4. The van der Waals surface area contributed by atoms with E-state index in [1.807, 2.05) is 0 Å². The molecular formula is C33H33N3O13S3. The normalized spacial score (nSPS) is 13.4. The van der Waals surface area contributed by atoms with Crippen molar-refractivity contribution in [1.29, 1.82) is 0 Å². The highest BCUT2D eigenvalue weighted by atomic mass is 32.2. The van der Waals surface area contributed by atoms with Crippen molar-refractivity contribution in [3.05, 3.63) is 92.9 Å². The zero-order chi connectivity index (χ0) is 38.5. The van der Waals surface area contributed by atoms with Crippen LogP contribution in [-0.2, 0) is 30.4 Å². The monoisotopic (exact) mass is 775 g/mol. The first-order valence-electron chi connectivity index (χ1n) is 15.1. The molecule has 0 aromatic heterocycles. The van der Waals surface area contributed by atoms with E-state index in [0.717, 1.165) is 24.3 Å². The Balaban J connectivity index is 1.77. The van der Waals surface area contributed by atoms with E-state index < -0.39 is 63.8 Å². The van der Waals surface area contributed by atoms with Crippen molar-refractivity contribution >= 4 is 65.6 Å². The van der Waals surface area contributed by atoms with Gasteiger partial charge in [-0.15, -0.1) is 0 Å². The van der Waals surface area contributed by atoms with Crippen molar-refractivity contribution in [2.45, 2.75) is 41.6 Å². The average molecular weight is 776 g/mol. The number of aliphatic hydroxyl groups excluding tert-OH is 2. The molecule has 0 radical (unpaired) electrons. The minimum Gasteiger partial charge on any atom is -0.456 e. The van der Waals surface area contributed by atoms with Gasteiger partial charge in [0, 0.05) is 40.2 Å². The third-order valence-electron chi connectivity index (χ3n) is 8.17. The molecule has 16 nitrogen and oxygen atoms in total. The van der Waals surface area contributed by atoms with E-state index >= 15 is 0 Å². The van der Waals surface area contributed by atoms with Crippen molar-refractivity contribution in [2.75, 3.05) is 23.8 Å². The van der Waals surface area contributed by atoms with Gasteiger partial charge in [0.05, 0.1) is 24.1 Å². The highest BCUT2D eigenvalue weighted by Gasteiger charge is 2.30. The summed E-state index contributed by atoms with van der Waals surface area (Å²) in [6, 6.07) is 10.3. The summed E-state index contributed by atoms with van der Waals surface area (Å²) in [5.41, 5.74) is 1.51. The van der Waals surface area contributed by atoms with Gasteiger partial charge < -0.3 is 30.9 Å². The second-order valence-corrected chi connectivity index (χ2v) is 16.1. The smallest absolute Gasteiger partial charge is 0.319 e. The van der Waals surface area contributed by atoms with Crippen LogP contribution in [0, 0.1) is 20.8 Å². The quantitative estimate of drug-likeness (QED) is 0.0947. The Morgan fingerprint density at radius 1 is 0.788 bits per heavy atom. The summed E-state index contributed by atoms with van der Waals surface area (Å²) >= 11 is 0. The zero-order valence-corrected chi connectivity index (χ0v) is 30.1. The second kappa shape index (κ2) is 13.9. The molecule has 2 amide bonds. The molecule has 1 unspecified atom stereocenters. The molecule has 4 aromatic rings. The van der Waals surface area contributed by atoms with Crippen molar-refractivity contribution in [3.8, 4) is 11.5 Å². The van der Waals surface area contributed by atoms with Gasteiger partial charge in [-0.05, 0) is 66.9 Å². The highest BCUT2D eigenvalue weighted by molar-refractivity contribution is 7.86. The van der Waals surface area contributed by atoms with Gasteiger partial charge in [0.1, 0.15) is 26.2 Å². The lowest BCUT2D eigenvalue weighted by molar-refractivity contribution is 0.0965. The van der Waals surface area contributed by atoms with E-state index in [2.05, 4.69) is 22.5 Å². The maximum atomic E-state index is 13.0. The lowest BCUT2D eigenvalue weighted by Crippen LogP contribution is -2.37. The average Bonchev–Trinajstić information content (AvgIpc) is 3.04. The SMILES string of the molecule is C=c1cc2c(cc1S(=O)(=O)O)=C(c1ccccc1S(=O)(=O)O)c1cc(S(=O)(=O)O)c(Nc3c(C)cc(C)c(NC(=O)NCC(O)CO)c3C)cc1O2. The fourth-order valence-electron chi connectivity index (χ4n) is 5.86. The summed E-state index contributed by atoms with van der Waals surface area (Å²) in [5.74, 6) is -0.189. The number of ether oxygens (including phenoxy) is 1. The number of urea groups is 1. The van der Waals surface area contributed by atoms with Gasteiger partial charge >= 0.3 is 6.03 Å². The Hall–Kier alpha value is -4.86. The number of rotatable bonds is 10. The lowest BCUT2D eigenvalue weighted by Gasteiger charge is -2.25. The lowest BCUT2D eigenvalue weighted by atomic mass is 9.92. The van der Waals surface area contributed by atoms with Crippen LogP contribution in [0.5, 0.6) is 11.5 Å². The first-order chi connectivity index (χ1) is 24.1.